The zero-order valence-corrected chi connectivity index (χ0v) is 14.2. The third-order valence-electron chi connectivity index (χ3n) is 3.99. The molecule has 1 aromatic heterocycles. The van der Waals surface area contributed by atoms with Crippen LogP contribution < -0.4 is 16.4 Å². The summed E-state index contributed by atoms with van der Waals surface area (Å²) in [5, 5.41) is 0.433. The Morgan fingerprint density at radius 2 is 1.77 bits per heavy atom. The van der Waals surface area contributed by atoms with E-state index < -0.39 is 11.8 Å². The lowest BCUT2D eigenvalue weighted by Crippen LogP contribution is -2.44. The van der Waals surface area contributed by atoms with Crippen molar-refractivity contribution in [1.29, 1.82) is 0 Å². The van der Waals surface area contributed by atoms with Gasteiger partial charge in [-0.05, 0) is 36.2 Å². The first-order chi connectivity index (χ1) is 12.6. The zero-order chi connectivity index (χ0) is 18.5. The average molecular weight is 350 g/mol. The zero-order valence-electron chi connectivity index (χ0n) is 14.2. The molecule has 2 amide bonds. The van der Waals surface area contributed by atoms with Gasteiger partial charge in [-0.1, -0.05) is 31.2 Å². The van der Waals surface area contributed by atoms with Crippen molar-refractivity contribution in [2.24, 2.45) is 0 Å². The molecule has 0 aliphatic heterocycles. The van der Waals surface area contributed by atoms with Crippen molar-refractivity contribution in [3.05, 3.63) is 76.3 Å². The minimum Gasteiger partial charge on any atom is -0.289 e. The highest BCUT2D eigenvalue weighted by Gasteiger charge is 2.10. The first-order valence-corrected chi connectivity index (χ1v) is 8.21. The van der Waals surface area contributed by atoms with Gasteiger partial charge in [-0.15, -0.1) is 0 Å². The molecule has 2 N–H and O–H groups in total. The van der Waals surface area contributed by atoms with E-state index in [2.05, 4.69) is 15.8 Å². The highest BCUT2D eigenvalue weighted by molar-refractivity contribution is 5.95. The number of aryl methyl sites for hydroxylation is 1. The van der Waals surface area contributed by atoms with Crippen LogP contribution in [0.2, 0.25) is 0 Å². The molecule has 0 unspecified atom stereocenters. The van der Waals surface area contributed by atoms with E-state index in [1.165, 1.54) is 10.9 Å². The van der Waals surface area contributed by atoms with Crippen LogP contribution in [0.25, 0.3) is 10.9 Å². The molecule has 26 heavy (non-hydrogen) atoms. The molecule has 7 heteroatoms. The topological polar surface area (TPSA) is 93.1 Å². The summed E-state index contributed by atoms with van der Waals surface area (Å²) in [6.07, 6.45) is 2.20. The molecule has 0 atom stereocenters. The van der Waals surface area contributed by atoms with Crippen LogP contribution in [0.5, 0.6) is 0 Å². The molecular formula is C19H18N4O3. The van der Waals surface area contributed by atoms with E-state index in [1.807, 2.05) is 19.1 Å². The average Bonchev–Trinajstić information content (AvgIpc) is 2.68. The van der Waals surface area contributed by atoms with Gasteiger partial charge in [0.15, 0.2) is 0 Å². The second-order valence-corrected chi connectivity index (χ2v) is 5.75. The maximum absolute atomic E-state index is 12.3. The van der Waals surface area contributed by atoms with Gasteiger partial charge >= 0.3 is 0 Å². The molecule has 3 rings (SSSR count). The molecule has 1 heterocycles. The smallest absolute Gasteiger partial charge is 0.269 e. The van der Waals surface area contributed by atoms with Crippen molar-refractivity contribution in [2.75, 3.05) is 0 Å². The largest absolute Gasteiger partial charge is 0.289 e. The lowest BCUT2D eigenvalue weighted by molar-refractivity contribution is -0.122. The third kappa shape index (κ3) is 3.77. The van der Waals surface area contributed by atoms with E-state index in [0.717, 1.165) is 12.0 Å². The molecule has 2 aromatic carbocycles. The van der Waals surface area contributed by atoms with Crippen molar-refractivity contribution in [1.82, 2.24) is 20.4 Å². The Morgan fingerprint density at radius 3 is 2.50 bits per heavy atom. The predicted octanol–water partition coefficient (Wildman–Crippen LogP) is 1.42. The van der Waals surface area contributed by atoms with Gasteiger partial charge in [0, 0.05) is 5.56 Å². The van der Waals surface area contributed by atoms with Gasteiger partial charge < -0.3 is 0 Å². The number of hydrogen-bond acceptors (Lipinski definition) is 4. The van der Waals surface area contributed by atoms with Crippen molar-refractivity contribution in [3.63, 3.8) is 0 Å². The van der Waals surface area contributed by atoms with Crippen molar-refractivity contribution >= 4 is 22.7 Å². The highest BCUT2D eigenvalue weighted by Crippen LogP contribution is 2.05. The van der Waals surface area contributed by atoms with Crippen molar-refractivity contribution < 1.29 is 9.59 Å². The number of carbonyl (C=O) groups is 2. The summed E-state index contributed by atoms with van der Waals surface area (Å²) in [5.74, 6) is -0.951. The molecule has 132 valence electrons. The summed E-state index contributed by atoms with van der Waals surface area (Å²) < 4.78 is 1.19. The molecule has 0 saturated heterocycles. The Kier molecular flexibility index (Phi) is 5.07. The minimum atomic E-state index is -0.525. The van der Waals surface area contributed by atoms with Gasteiger partial charge in [-0.25, -0.2) is 4.98 Å². The number of para-hydroxylation sites is 1. The number of benzene rings is 2. The molecule has 3 aromatic rings. The number of carbonyl (C=O) groups excluding carboxylic acids is 2. The summed E-state index contributed by atoms with van der Waals surface area (Å²) in [6, 6.07) is 14.0. The Bertz CT molecular complexity index is 1010. The second-order valence-electron chi connectivity index (χ2n) is 5.75. The van der Waals surface area contributed by atoms with E-state index in [4.69, 9.17) is 0 Å². The Balaban J connectivity index is 1.63. The SMILES string of the molecule is CCc1ccc(C(=O)NNC(=O)Cn2cnc3ccccc3c2=O)cc1. The predicted molar refractivity (Wildman–Crippen MR) is 97.4 cm³/mol. The Morgan fingerprint density at radius 1 is 1.04 bits per heavy atom. The number of fused-ring (bicyclic) bond motifs is 1. The number of nitrogens with one attached hydrogen (secondary N) is 2. The van der Waals surface area contributed by atoms with E-state index in [0.29, 0.717) is 16.5 Å². The number of nitrogens with zero attached hydrogens (tertiary/aromatic N) is 2. The molecule has 0 aliphatic rings. The summed E-state index contributed by atoms with van der Waals surface area (Å²) >= 11 is 0. The summed E-state index contributed by atoms with van der Waals surface area (Å²) in [5.41, 5.74) is 6.46. The van der Waals surface area contributed by atoms with Crippen LogP contribution in [0.3, 0.4) is 0 Å². The first-order valence-electron chi connectivity index (χ1n) is 8.21. The van der Waals surface area contributed by atoms with E-state index >= 15 is 0 Å². The van der Waals surface area contributed by atoms with E-state index in [-0.39, 0.29) is 12.1 Å². The summed E-state index contributed by atoms with van der Waals surface area (Å²) in [6.45, 7) is 1.78. The molecule has 0 fully saturated rings. The summed E-state index contributed by atoms with van der Waals surface area (Å²) in [7, 11) is 0. The normalized spacial score (nSPS) is 10.5. The van der Waals surface area contributed by atoms with Crippen LogP contribution >= 0.6 is 0 Å². The van der Waals surface area contributed by atoms with Gasteiger partial charge in [-0.2, -0.15) is 0 Å². The van der Waals surface area contributed by atoms with Crippen molar-refractivity contribution in [3.8, 4) is 0 Å². The lowest BCUT2D eigenvalue weighted by Gasteiger charge is -2.09. The fourth-order valence-electron chi connectivity index (χ4n) is 2.50. The fourth-order valence-corrected chi connectivity index (χ4v) is 2.50. The Labute approximate surface area is 149 Å². The van der Waals surface area contributed by atoms with Crippen LogP contribution in [0.15, 0.2) is 59.7 Å². The number of hydrogen-bond donors (Lipinski definition) is 2. The Hall–Kier alpha value is -3.48. The van der Waals surface area contributed by atoms with Crippen LogP contribution in [-0.2, 0) is 17.8 Å². The molecule has 0 radical (unpaired) electrons. The van der Waals surface area contributed by atoms with Gasteiger partial charge in [0.05, 0.1) is 17.2 Å². The number of amides is 2. The maximum atomic E-state index is 12.3. The van der Waals surface area contributed by atoms with Gasteiger partial charge in [-0.3, -0.25) is 29.8 Å². The molecule has 0 aliphatic carbocycles. The van der Waals surface area contributed by atoms with Crippen LogP contribution in [-0.4, -0.2) is 21.4 Å². The fraction of sp³-hybridized carbons (Fsp3) is 0.158. The molecule has 0 spiro atoms. The first kappa shape index (κ1) is 17.3. The minimum absolute atomic E-state index is 0.244. The molecule has 0 saturated carbocycles. The van der Waals surface area contributed by atoms with Crippen molar-refractivity contribution in [2.45, 2.75) is 19.9 Å². The number of hydrazine groups is 1. The lowest BCUT2D eigenvalue weighted by atomic mass is 10.1. The maximum Gasteiger partial charge on any atom is 0.269 e. The quantitative estimate of drug-likeness (QED) is 0.696. The molecule has 7 nitrogen and oxygen atoms in total. The van der Waals surface area contributed by atoms with Gasteiger partial charge in [0.1, 0.15) is 6.54 Å². The second kappa shape index (κ2) is 7.60. The van der Waals surface area contributed by atoms with Crippen LogP contribution in [0.4, 0.5) is 0 Å². The van der Waals surface area contributed by atoms with Gasteiger partial charge in [0.25, 0.3) is 17.4 Å². The monoisotopic (exact) mass is 350 g/mol. The summed E-state index contributed by atoms with van der Waals surface area (Å²) in [4.78, 5) is 40.5. The molecule has 0 bridgehead atoms. The van der Waals surface area contributed by atoms with Gasteiger partial charge in [0.2, 0.25) is 0 Å². The third-order valence-corrected chi connectivity index (χ3v) is 3.99. The van der Waals surface area contributed by atoms with E-state index in [1.54, 1.807) is 36.4 Å². The number of rotatable bonds is 4. The molecular weight excluding hydrogens is 332 g/mol. The number of aromatic nitrogens is 2. The van der Waals surface area contributed by atoms with E-state index in [9.17, 15) is 14.4 Å². The van der Waals surface area contributed by atoms with Crippen LogP contribution in [0.1, 0.15) is 22.8 Å². The van der Waals surface area contributed by atoms with Crippen LogP contribution in [0, 0.1) is 0 Å². The standard InChI is InChI=1S/C19H18N4O3/c1-2-13-7-9-14(10-8-13)18(25)22-21-17(24)11-23-12-20-16-6-4-3-5-15(16)19(23)26/h3-10,12H,2,11H2,1H3,(H,21,24)(H,22,25). The highest BCUT2D eigenvalue weighted by atomic mass is 16.2.